The maximum Gasteiger partial charge on any atom is 0.171 e. The van der Waals surface area contributed by atoms with Gasteiger partial charge in [-0.15, -0.1) is 0 Å². The SMILES string of the molecule is C[C@@H]1CC[C@@]2(OC1)O[C@H]1C[C@H]3[C@@H]4C[C@H](O)[C@H]5CC(=O)CC[C@]5(C)[C@H]4CC[C@]3(C)[C@H]1[C@@H]2C. The van der Waals surface area contributed by atoms with Crippen molar-refractivity contribution in [3.63, 3.8) is 0 Å². The van der Waals surface area contributed by atoms with Gasteiger partial charge in [0.05, 0.1) is 18.8 Å². The second-order valence-electron chi connectivity index (χ2n) is 13.1. The predicted octanol–water partition coefficient (Wildman–Crippen LogP) is 4.97. The van der Waals surface area contributed by atoms with E-state index in [1.54, 1.807) is 0 Å². The van der Waals surface area contributed by atoms with Crippen LogP contribution in [0.5, 0.6) is 0 Å². The highest BCUT2D eigenvalue weighted by Crippen LogP contribution is 2.71. The molecule has 2 saturated heterocycles. The molecule has 2 aliphatic heterocycles. The number of ether oxygens (including phenoxy) is 2. The molecule has 12 atom stereocenters. The Kier molecular flexibility index (Phi) is 4.62. The fourth-order valence-corrected chi connectivity index (χ4v) is 10.1. The fraction of sp³-hybridized carbons (Fsp3) is 0.963. The van der Waals surface area contributed by atoms with E-state index in [0.29, 0.717) is 60.2 Å². The van der Waals surface area contributed by atoms with Crippen LogP contribution in [-0.2, 0) is 14.3 Å². The van der Waals surface area contributed by atoms with Gasteiger partial charge in [0.1, 0.15) is 5.78 Å². The molecule has 6 aliphatic rings. The van der Waals surface area contributed by atoms with Gasteiger partial charge in [0, 0.05) is 25.2 Å². The molecule has 0 bridgehead atoms. The molecule has 4 saturated carbocycles. The van der Waals surface area contributed by atoms with Crippen molar-refractivity contribution in [3.05, 3.63) is 0 Å². The van der Waals surface area contributed by atoms with Crippen LogP contribution >= 0.6 is 0 Å². The smallest absolute Gasteiger partial charge is 0.171 e. The monoisotopic (exact) mass is 430 g/mol. The molecule has 0 unspecified atom stereocenters. The Balaban J connectivity index is 1.28. The normalized spacial score (nSPS) is 60.9. The Morgan fingerprint density at radius 3 is 2.52 bits per heavy atom. The molecule has 1 N–H and O–H groups in total. The van der Waals surface area contributed by atoms with Crippen LogP contribution in [-0.4, -0.2) is 35.5 Å². The molecular formula is C27H42O4. The number of ketones is 1. The summed E-state index contributed by atoms with van der Waals surface area (Å²) in [5, 5.41) is 11.2. The van der Waals surface area contributed by atoms with Crippen molar-refractivity contribution < 1.29 is 19.4 Å². The average Bonchev–Trinajstić information content (AvgIpc) is 3.17. The molecule has 0 aromatic carbocycles. The quantitative estimate of drug-likeness (QED) is 0.589. The summed E-state index contributed by atoms with van der Waals surface area (Å²) in [6, 6.07) is 0. The van der Waals surface area contributed by atoms with E-state index < -0.39 is 0 Å². The van der Waals surface area contributed by atoms with Crippen molar-refractivity contribution in [3.8, 4) is 0 Å². The summed E-state index contributed by atoms with van der Waals surface area (Å²) in [5.74, 6) is 3.72. The number of rotatable bonds is 0. The lowest BCUT2D eigenvalue weighted by atomic mass is 9.44. The van der Waals surface area contributed by atoms with E-state index >= 15 is 0 Å². The molecule has 2 heterocycles. The van der Waals surface area contributed by atoms with Crippen molar-refractivity contribution >= 4 is 5.78 Å². The minimum absolute atomic E-state index is 0.131. The number of hydrogen-bond acceptors (Lipinski definition) is 4. The topological polar surface area (TPSA) is 55.8 Å². The van der Waals surface area contributed by atoms with Gasteiger partial charge < -0.3 is 14.6 Å². The first-order valence-electron chi connectivity index (χ1n) is 13.2. The van der Waals surface area contributed by atoms with Gasteiger partial charge in [-0.3, -0.25) is 4.79 Å². The van der Waals surface area contributed by atoms with Crippen LogP contribution < -0.4 is 0 Å². The molecule has 0 amide bonds. The lowest BCUT2D eigenvalue weighted by molar-refractivity contribution is -0.273. The van der Waals surface area contributed by atoms with Crippen molar-refractivity contribution in [2.24, 2.45) is 52.3 Å². The lowest BCUT2D eigenvalue weighted by Gasteiger charge is -2.61. The van der Waals surface area contributed by atoms with Gasteiger partial charge >= 0.3 is 0 Å². The summed E-state index contributed by atoms with van der Waals surface area (Å²) < 4.78 is 13.3. The summed E-state index contributed by atoms with van der Waals surface area (Å²) in [5.41, 5.74) is 0.417. The molecule has 1 spiro atoms. The molecule has 31 heavy (non-hydrogen) atoms. The Labute approximate surface area is 187 Å². The van der Waals surface area contributed by atoms with Crippen LogP contribution in [0.4, 0.5) is 0 Å². The van der Waals surface area contributed by atoms with E-state index in [9.17, 15) is 9.90 Å². The first kappa shape index (κ1) is 21.1. The van der Waals surface area contributed by atoms with Gasteiger partial charge in [0.25, 0.3) is 0 Å². The van der Waals surface area contributed by atoms with E-state index in [-0.39, 0.29) is 28.6 Å². The molecule has 4 heteroatoms. The Bertz CT molecular complexity index is 756. The highest BCUT2D eigenvalue weighted by molar-refractivity contribution is 5.79. The molecule has 4 nitrogen and oxygen atoms in total. The average molecular weight is 431 g/mol. The number of fused-ring (bicyclic) bond motifs is 7. The van der Waals surface area contributed by atoms with E-state index in [1.807, 2.05) is 0 Å². The molecule has 174 valence electrons. The third kappa shape index (κ3) is 2.74. The third-order valence-electron chi connectivity index (χ3n) is 11.8. The summed E-state index contributed by atoms with van der Waals surface area (Å²) in [6.07, 6.45) is 9.11. The van der Waals surface area contributed by atoms with E-state index in [1.165, 1.54) is 19.3 Å². The van der Waals surface area contributed by atoms with Crippen molar-refractivity contribution in [1.82, 2.24) is 0 Å². The molecule has 6 fully saturated rings. The predicted molar refractivity (Wildman–Crippen MR) is 118 cm³/mol. The molecule has 4 aliphatic carbocycles. The zero-order valence-corrected chi connectivity index (χ0v) is 19.9. The Hall–Kier alpha value is -0.450. The number of aliphatic hydroxyl groups is 1. The Morgan fingerprint density at radius 2 is 1.77 bits per heavy atom. The number of aliphatic hydroxyl groups excluding tert-OH is 1. The van der Waals surface area contributed by atoms with Crippen molar-refractivity contribution in [1.29, 1.82) is 0 Å². The largest absolute Gasteiger partial charge is 0.393 e. The molecule has 6 rings (SSSR count). The zero-order valence-electron chi connectivity index (χ0n) is 19.9. The third-order valence-corrected chi connectivity index (χ3v) is 11.8. The van der Waals surface area contributed by atoms with E-state index in [2.05, 4.69) is 27.7 Å². The lowest BCUT2D eigenvalue weighted by Crippen LogP contribution is -2.58. The van der Waals surface area contributed by atoms with E-state index in [4.69, 9.17) is 9.47 Å². The van der Waals surface area contributed by atoms with Crippen LogP contribution in [0.2, 0.25) is 0 Å². The van der Waals surface area contributed by atoms with Gasteiger partial charge in [0.2, 0.25) is 0 Å². The number of Topliss-reactive ketones (excluding diaryl/α,β-unsaturated/α-hetero) is 1. The van der Waals surface area contributed by atoms with Gasteiger partial charge in [-0.1, -0.05) is 27.7 Å². The van der Waals surface area contributed by atoms with E-state index in [0.717, 1.165) is 32.3 Å². The number of hydrogen-bond donors (Lipinski definition) is 1. The second-order valence-corrected chi connectivity index (χ2v) is 13.1. The van der Waals surface area contributed by atoms with Crippen molar-refractivity contribution in [2.75, 3.05) is 6.61 Å². The zero-order chi connectivity index (χ0) is 21.8. The number of carbonyl (C=O) groups excluding carboxylic acids is 1. The fourth-order valence-electron chi connectivity index (χ4n) is 10.1. The van der Waals surface area contributed by atoms with Crippen LogP contribution in [0.3, 0.4) is 0 Å². The highest BCUT2D eigenvalue weighted by atomic mass is 16.7. The molecule has 0 aromatic rings. The molecule has 0 radical (unpaired) electrons. The summed E-state index contributed by atoms with van der Waals surface area (Å²) in [6.45, 7) is 10.5. The number of carbonyl (C=O) groups is 1. The van der Waals surface area contributed by atoms with Gasteiger partial charge in [-0.05, 0) is 84.9 Å². The first-order chi connectivity index (χ1) is 14.7. The van der Waals surface area contributed by atoms with Crippen LogP contribution in [0.25, 0.3) is 0 Å². The van der Waals surface area contributed by atoms with Crippen molar-refractivity contribution in [2.45, 2.75) is 103 Å². The Morgan fingerprint density at radius 1 is 0.968 bits per heavy atom. The second kappa shape index (κ2) is 6.79. The van der Waals surface area contributed by atoms with Gasteiger partial charge in [0.15, 0.2) is 5.79 Å². The standard InChI is InChI=1S/C27H42O4/c1-15-5-10-27(30-14-15)16(2)24-23(31-27)13-20-18-12-22(29)21-11-17(28)6-8-25(21,3)19(18)7-9-26(20,24)4/h15-16,18-24,29H,5-14H2,1-4H3/t15-,16+,18-,19+,20+,21-,22+,23+,24+,25-,26+,27-/m1/s1. The maximum atomic E-state index is 12.2. The summed E-state index contributed by atoms with van der Waals surface area (Å²) in [7, 11) is 0. The minimum Gasteiger partial charge on any atom is -0.393 e. The van der Waals surface area contributed by atoms with Gasteiger partial charge in [-0.2, -0.15) is 0 Å². The van der Waals surface area contributed by atoms with Crippen LogP contribution in [0.15, 0.2) is 0 Å². The van der Waals surface area contributed by atoms with Crippen LogP contribution in [0, 0.1) is 52.3 Å². The van der Waals surface area contributed by atoms with Gasteiger partial charge in [-0.25, -0.2) is 0 Å². The highest BCUT2D eigenvalue weighted by Gasteiger charge is 2.69. The summed E-state index contributed by atoms with van der Waals surface area (Å²) >= 11 is 0. The molecule has 0 aromatic heterocycles. The molecular weight excluding hydrogens is 388 g/mol. The van der Waals surface area contributed by atoms with Crippen LogP contribution in [0.1, 0.15) is 85.5 Å². The maximum absolute atomic E-state index is 12.2. The minimum atomic E-state index is -0.348. The summed E-state index contributed by atoms with van der Waals surface area (Å²) in [4.78, 5) is 12.2. The first-order valence-corrected chi connectivity index (χ1v) is 13.2.